The minimum atomic E-state index is -1.24. The van der Waals surface area contributed by atoms with Crippen LogP contribution in [0.1, 0.15) is 23.2 Å². The highest BCUT2D eigenvalue weighted by Crippen LogP contribution is 2.43. The number of fused-ring (bicyclic) bond motifs is 1. The predicted molar refractivity (Wildman–Crippen MR) is 135 cm³/mol. The topological polar surface area (TPSA) is 68.5 Å². The zero-order valence-electron chi connectivity index (χ0n) is 19.0. The van der Waals surface area contributed by atoms with Gasteiger partial charge in [-0.25, -0.2) is 4.39 Å². The lowest BCUT2D eigenvalue weighted by Gasteiger charge is -2.26. The van der Waals surface area contributed by atoms with Gasteiger partial charge in [-0.15, -0.1) is 0 Å². The number of hydrogen-bond acceptors (Lipinski definition) is 4. The van der Waals surface area contributed by atoms with Gasteiger partial charge < -0.3 is 14.3 Å². The Morgan fingerprint density at radius 1 is 1.12 bits per heavy atom. The number of carbonyl (C=O) groups excluding carboxylic acids is 1. The zero-order chi connectivity index (χ0) is 23.8. The van der Waals surface area contributed by atoms with E-state index in [9.17, 15) is 13.7 Å². The molecule has 1 N–H and O–H groups in total. The van der Waals surface area contributed by atoms with Gasteiger partial charge in [-0.3, -0.25) is 4.79 Å². The number of carbonyl (C=O) groups is 1. The van der Waals surface area contributed by atoms with Crippen LogP contribution in [0.25, 0.3) is 33.4 Å². The second-order valence-electron chi connectivity index (χ2n) is 8.55. The van der Waals surface area contributed by atoms with Crippen molar-refractivity contribution in [1.29, 1.82) is 0 Å². The summed E-state index contributed by atoms with van der Waals surface area (Å²) in [5, 5.41) is 3.35. The number of furan rings is 1. The molecule has 0 saturated heterocycles. The van der Waals surface area contributed by atoms with Crippen molar-refractivity contribution in [1.82, 2.24) is 5.32 Å². The lowest BCUT2D eigenvalue weighted by Crippen LogP contribution is -2.32. The lowest BCUT2D eigenvalue weighted by molar-refractivity contribution is 0.0964. The van der Waals surface area contributed by atoms with Crippen molar-refractivity contribution in [3.63, 3.8) is 0 Å². The highest BCUT2D eigenvalue weighted by Gasteiger charge is 2.32. The first-order chi connectivity index (χ1) is 16.5. The summed E-state index contributed by atoms with van der Waals surface area (Å²) < 4.78 is 34.5. The maximum atomic E-state index is 13.6. The molecule has 1 unspecified atom stereocenters. The molecule has 0 aliphatic heterocycles. The van der Waals surface area contributed by atoms with Crippen LogP contribution in [0.2, 0.25) is 0 Å². The maximum Gasteiger partial charge on any atom is 0.255 e. The molecule has 1 fully saturated rings. The smallest absolute Gasteiger partial charge is 0.255 e. The first kappa shape index (κ1) is 22.5. The van der Waals surface area contributed by atoms with Gasteiger partial charge in [0.2, 0.25) is 0 Å². The summed E-state index contributed by atoms with van der Waals surface area (Å²) in [5.74, 6) is 0.239. The van der Waals surface area contributed by atoms with Crippen molar-refractivity contribution in [2.45, 2.75) is 12.8 Å². The number of benzene rings is 3. The van der Waals surface area contributed by atoms with Crippen LogP contribution in [-0.4, -0.2) is 30.3 Å². The normalized spacial score (nSPS) is 14.2. The van der Waals surface area contributed by atoms with Crippen LogP contribution in [0.4, 0.5) is 10.1 Å². The Morgan fingerprint density at radius 3 is 2.44 bits per heavy atom. The third-order valence-corrected chi connectivity index (χ3v) is 7.12. The molecule has 0 radical (unpaired) electrons. The van der Waals surface area contributed by atoms with E-state index >= 15 is 0 Å². The molecule has 1 aromatic heterocycles. The van der Waals surface area contributed by atoms with E-state index < -0.39 is 11.4 Å². The van der Waals surface area contributed by atoms with Crippen molar-refractivity contribution in [3.8, 4) is 22.5 Å². The average Bonchev–Trinajstić information content (AvgIpc) is 3.60. The Hall–Kier alpha value is -3.29. The van der Waals surface area contributed by atoms with Crippen LogP contribution in [0, 0.1) is 11.7 Å². The molecular weight excluding hydrogens is 451 g/mol. The molecule has 5 rings (SSSR count). The van der Waals surface area contributed by atoms with E-state index in [4.69, 9.17) is 4.42 Å². The van der Waals surface area contributed by atoms with Crippen molar-refractivity contribution >= 4 is 33.9 Å². The molecule has 174 valence electrons. The van der Waals surface area contributed by atoms with E-state index in [0.29, 0.717) is 40.3 Å². The summed E-state index contributed by atoms with van der Waals surface area (Å²) in [7, 11) is 1.57. The van der Waals surface area contributed by atoms with Gasteiger partial charge in [0.15, 0.2) is 0 Å². The van der Waals surface area contributed by atoms with Gasteiger partial charge in [-0.1, -0.05) is 30.3 Å². The number of hydrogen-bond donors (Lipinski definition) is 1. The van der Waals surface area contributed by atoms with Gasteiger partial charge in [-0.05, 0) is 54.7 Å². The Labute approximate surface area is 200 Å². The van der Waals surface area contributed by atoms with Crippen molar-refractivity contribution in [2.24, 2.45) is 5.92 Å². The fraction of sp³-hybridized carbons (Fsp3) is 0.222. The average molecular weight is 477 g/mol. The Bertz CT molecular complexity index is 1330. The summed E-state index contributed by atoms with van der Waals surface area (Å²) in [4.78, 5) is 13.0. The largest absolute Gasteiger partial charge is 0.593 e. The van der Waals surface area contributed by atoms with Gasteiger partial charge in [-0.2, -0.15) is 4.31 Å². The zero-order valence-corrected chi connectivity index (χ0v) is 19.8. The molecule has 1 atom stereocenters. The minimum Gasteiger partial charge on any atom is -0.593 e. The van der Waals surface area contributed by atoms with Gasteiger partial charge in [0, 0.05) is 29.6 Å². The highest BCUT2D eigenvalue weighted by molar-refractivity contribution is 7.92. The second kappa shape index (κ2) is 9.16. The highest BCUT2D eigenvalue weighted by atomic mass is 32.2. The van der Waals surface area contributed by atoms with Crippen molar-refractivity contribution in [3.05, 3.63) is 78.1 Å². The number of nitrogens with one attached hydrogen (secondary N) is 1. The van der Waals surface area contributed by atoms with Crippen molar-refractivity contribution in [2.75, 3.05) is 24.2 Å². The summed E-state index contributed by atoms with van der Waals surface area (Å²) in [5.41, 5.74) is 4.14. The Morgan fingerprint density at radius 2 is 1.82 bits per heavy atom. The third kappa shape index (κ3) is 4.29. The fourth-order valence-electron chi connectivity index (χ4n) is 4.22. The summed E-state index contributed by atoms with van der Waals surface area (Å²) >= 11 is -1.24. The minimum absolute atomic E-state index is 0.293. The molecule has 1 aliphatic rings. The van der Waals surface area contributed by atoms with E-state index in [1.807, 2.05) is 46.8 Å². The monoisotopic (exact) mass is 476 g/mol. The number of halogens is 1. The summed E-state index contributed by atoms with van der Waals surface area (Å²) in [6, 6.07) is 19.5. The molecular formula is C27H25FN2O3S. The number of rotatable bonds is 7. The van der Waals surface area contributed by atoms with E-state index in [2.05, 4.69) is 5.32 Å². The standard InChI is InChI=1S/C27H25FN2O3S/c1-29-27(31)25-22-14-21(18-6-4-3-5-7-18)23(30(34(2)32)16-17-8-9-17)15-24(22)33-26(25)19-10-12-20(28)13-11-19/h3-7,10-15,17H,8-9,16H2,1-2H3,(H,29,31). The first-order valence-electron chi connectivity index (χ1n) is 11.2. The molecule has 0 bridgehead atoms. The molecule has 5 nitrogen and oxygen atoms in total. The van der Waals surface area contributed by atoms with Crippen molar-refractivity contribution < 1.29 is 18.2 Å². The molecule has 1 saturated carbocycles. The van der Waals surface area contributed by atoms with E-state index in [1.54, 1.807) is 25.4 Å². The van der Waals surface area contributed by atoms with Gasteiger partial charge in [0.05, 0.1) is 29.2 Å². The molecule has 7 heteroatoms. The maximum absolute atomic E-state index is 13.6. The van der Waals surface area contributed by atoms with Crippen LogP contribution in [-0.2, 0) is 11.4 Å². The van der Waals surface area contributed by atoms with Crippen LogP contribution in [0.5, 0.6) is 0 Å². The Kier molecular flexibility index (Phi) is 6.06. The van der Waals surface area contributed by atoms with Crippen LogP contribution >= 0.6 is 0 Å². The van der Waals surface area contributed by atoms with Gasteiger partial charge in [0.25, 0.3) is 5.91 Å². The predicted octanol–water partition coefficient (Wildman–Crippen LogP) is 5.78. The van der Waals surface area contributed by atoms with Crippen LogP contribution in [0.15, 0.2) is 71.1 Å². The van der Waals surface area contributed by atoms with Gasteiger partial charge >= 0.3 is 0 Å². The van der Waals surface area contributed by atoms with E-state index in [1.165, 1.54) is 12.1 Å². The number of amides is 1. The second-order valence-corrected chi connectivity index (χ2v) is 9.84. The van der Waals surface area contributed by atoms with Crippen LogP contribution in [0.3, 0.4) is 0 Å². The number of anilines is 1. The third-order valence-electron chi connectivity index (χ3n) is 6.15. The number of nitrogens with zero attached hydrogens (tertiary/aromatic N) is 1. The quantitative estimate of drug-likeness (QED) is 0.344. The molecule has 1 aliphatic carbocycles. The summed E-state index contributed by atoms with van der Waals surface area (Å²) in [6.07, 6.45) is 3.95. The van der Waals surface area contributed by atoms with Gasteiger partial charge in [0.1, 0.15) is 23.4 Å². The van der Waals surface area contributed by atoms with E-state index in [0.717, 1.165) is 29.7 Å². The summed E-state index contributed by atoms with van der Waals surface area (Å²) in [6.45, 7) is 0.697. The molecule has 34 heavy (non-hydrogen) atoms. The molecule has 4 aromatic rings. The molecule has 0 spiro atoms. The molecule has 3 aromatic carbocycles. The lowest BCUT2D eigenvalue weighted by atomic mass is 9.98. The van der Waals surface area contributed by atoms with E-state index in [-0.39, 0.29) is 11.7 Å². The fourth-order valence-corrected chi connectivity index (χ4v) is 5.07. The molecule has 1 amide bonds. The molecule has 1 heterocycles. The van der Waals surface area contributed by atoms with Crippen LogP contribution < -0.4 is 9.62 Å². The first-order valence-corrected chi connectivity index (χ1v) is 12.7. The SMILES string of the molecule is CNC(=O)c1c(-c2ccc(F)cc2)oc2cc(N(CC3CC3)[S+](C)[O-])c(-c3ccccc3)cc12. The Balaban J connectivity index is 1.78.